The zero-order valence-electron chi connectivity index (χ0n) is 8.42. The highest BCUT2D eigenvalue weighted by Crippen LogP contribution is 2.25. The van der Waals surface area contributed by atoms with Crippen molar-refractivity contribution in [1.82, 2.24) is 0 Å². The fraction of sp³-hybridized carbons (Fsp3) is 0.300. The van der Waals surface area contributed by atoms with Crippen LogP contribution in [0.4, 0.5) is 13.2 Å². The standard InChI is InChI=1S/C10H8ClF3O3/c11-4-6-2-8(17-10(13)14)7(12)1-5(6)3-9(15)16/h1-2,10H,3-4H2,(H,15,16). The van der Waals surface area contributed by atoms with Gasteiger partial charge in [0.1, 0.15) is 0 Å². The molecular weight excluding hydrogens is 261 g/mol. The van der Waals surface area contributed by atoms with Crippen LogP contribution < -0.4 is 4.74 Å². The number of rotatable bonds is 5. The fourth-order valence-electron chi connectivity index (χ4n) is 1.27. The average molecular weight is 269 g/mol. The number of carbonyl (C=O) groups is 1. The van der Waals surface area contributed by atoms with Gasteiger partial charge in [-0.3, -0.25) is 4.79 Å². The van der Waals surface area contributed by atoms with Crippen molar-refractivity contribution >= 4 is 17.6 Å². The van der Waals surface area contributed by atoms with E-state index in [9.17, 15) is 18.0 Å². The zero-order valence-corrected chi connectivity index (χ0v) is 9.18. The minimum absolute atomic E-state index is 0.123. The maximum atomic E-state index is 13.3. The molecule has 1 rings (SSSR count). The fourth-order valence-corrected chi connectivity index (χ4v) is 1.52. The Morgan fingerprint density at radius 3 is 2.53 bits per heavy atom. The highest BCUT2D eigenvalue weighted by Gasteiger charge is 2.15. The summed E-state index contributed by atoms with van der Waals surface area (Å²) in [7, 11) is 0. The predicted molar refractivity (Wildman–Crippen MR) is 53.9 cm³/mol. The molecule has 17 heavy (non-hydrogen) atoms. The van der Waals surface area contributed by atoms with E-state index < -0.39 is 30.6 Å². The van der Waals surface area contributed by atoms with Gasteiger partial charge in [0.15, 0.2) is 11.6 Å². The molecule has 0 aromatic heterocycles. The third-order valence-corrected chi connectivity index (χ3v) is 2.24. The van der Waals surface area contributed by atoms with Crippen LogP contribution in [0.2, 0.25) is 0 Å². The summed E-state index contributed by atoms with van der Waals surface area (Å²) < 4.78 is 41.1. The summed E-state index contributed by atoms with van der Waals surface area (Å²) in [6.07, 6.45) is -0.437. The van der Waals surface area contributed by atoms with Crippen molar-refractivity contribution < 1.29 is 27.8 Å². The molecule has 94 valence electrons. The minimum Gasteiger partial charge on any atom is -0.481 e. The highest BCUT2D eigenvalue weighted by atomic mass is 35.5. The molecule has 0 aliphatic heterocycles. The van der Waals surface area contributed by atoms with Gasteiger partial charge >= 0.3 is 12.6 Å². The van der Waals surface area contributed by atoms with E-state index in [-0.39, 0.29) is 17.0 Å². The van der Waals surface area contributed by atoms with Crippen molar-refractivity contribution in [3.63, 3.8) is 0 Å². The van der Waals surface area contributed by atoms with Gasteiger partial charge in [-0.25, -0.2) is 4.39 Å². The molecule has 0 saturated carbocycles. The van der Waals surface area contributed by atoms with Gasteiger partial charge in [-0.15, -0.1) is 11.6 Å². The molecule has 0 radical (unpaired) electrons. The molecular formula is C10H8ClF3O3. The molecule has 0 aliphatic carbocycles. The number of halogens is 4. The van der Waals surface area contributed by atoms with Gasteiger partial charge in [-0.1, -0.05) is 0 Å². The lowest BCUT2D eigenvalue weighted by atomic mass is 10.1. The van der Waals surface area contributed by atoms with Crippen LogP contribution in [0.15, 0.2) is 12.1 Å². The number of hydrogen-bond donors (Lipinski definition) is 1. The summed E-state index contributed by atoms with van der Waals surface area (Å²) >= 11 is 5.52. The lowest BCUT2D eigenvalue weighted by Gasteiger charge is -2.10. The molecule has 3 nitrogen and oxygen atoms in total. The monoisotopic (exact) mass is 268 g/mol. The second kappa shape index (κ2) is 5.77. The van der Waals surface area contributed by atoms with E-state index in [0.29, 0.717) is 0 Å². The Hall–Kier alpha value is -1.43. The van der Waals surface area contributed by atoms with Gasteiger partial charge in [-0.05, 0) is 23.3 Å². The summed E-state index contributed by atoms with van der Waals surface area (Å²) in [6, 6.07) is 1.82. The van der Waals surface area contributed by atoms with E-state index >= 15 is 0 Å². The highest BCUT2D eigenvalue weighted by molar-refractivity contribution is 6.17. The lowest BCUT2D eigenvalue weighted by Crippen LogP contribution is -2.07. The molecule has 0 spiro atoms. The van der Waals surface area contributed by atoms with Crippen LogP contribution in [0.3, 0.4) is 0 Å². The average Bonchev–Trinajstić information content (AvgIpc) is 2.20. The van der Waals surface area contributed by atoms with Crippen molar-refractivity contribution in [3.8, 4) is 5.75 Å². The lowest BCUT2D eigenvalue weighted by molar-refractivity contribution is -0.136. The number of aliphatic carboxylic acids is 1. The second-order valence-electron chi connectivity index (χ2n) is 3.13. The molecule has 0 unspecified atom stereocenters. The van der Waals surface area contributed by atoms with Crippen LogP contribution >= 0.6 is 11.6 Å². The van der Waals surface area contributed by atoms with Crippen molar-refractivity contribution in [2.24, 2.45) is 0 Å². The van der Waals surface area contributed by atoms with Crippen molar-refractivity contribution in [1.29, 1.82) is 0 Å². The molecule has 0 atom stereocenters. The number of alkyl halides is 3. The Morgan fingerprint density at radius 1 is 1.41 bits per heavy atom. The maximum absolute atomic E-state index is 13.3. The van der Waals surface area contributed by atoms with Crippen molar-refractivity contribution in [2.45, 2.75) is 18.9 Å². The van der Waals surface area contributed by atoms with Gasteiger partial charge in [0.25, 0.3) is 0 Å². The van der Waals surface area contributed by atoms with E-state index in [1.807, 2.05) is 0 Å². The molecule has 0 bridgehead atoms. The Morgan fingerprint density at radius 2 is 2.06 bits per heavy atom. The van der Waals surface area contributed by atoms with Crippen molar-refractivity contribution in [2.75, 3.05) is 0 Å². The summed E-state index contributed by atoms with van der Waals surface area (Å²) in [5, 5.41) is 8.58. The first-order chi connectivity index (χ1) is 7.93. The number of benzene rings is 1. The van der Waals surface area contributed by atoms with Gasteiger partial charge in [0.05, 0.1) is 6.42 Å². The third-order valence-electron chi connectivity index (χ3n) is 1.96. The second-order valence-corrected chi connectivity index (χ2v) is 3.40. The SMILES string of the molecule is O=C(O)Cc1cc(F)c(OC(F)F)cc1CCl. The smallest absolute Gasteiger partial charge is 0.387 e. The summed E-state index contributed by atoms with van der Waals surface area (Å²) in [5.74, 6) is -2.99. The first-order valence-corrected chi connectivity index (χ1v) is 5.01. The van der Waals surface area contributed by atoms with E-state index in [1.165, 1.54) is 0 Å². The van der Waals surface area contributed by atoms with E-state index in [4.69, 9.17) is 16.7 Å². The van der Waals surface area contributed by atoms with Crippen LogP contribution in [0.25, 0.3) is 0 Å². The third kappa shape index (κ3) is 3.81. The Balaban J connectivity index is 3.10. The molecule has 1 aromatic carbocycles. The summed E-state index contributed by atoms with van der Waals surface area (Å²) in [4.78, 5) is 10.5. The molecule has 7 heteroatoms. The van der Waals surface area contributed by atoms with Gasteiger partial charge in [0, 0.05) is 5.88 Å². The van der Waals surface area contributed by atoms with Gasteiger partial charge in [0.2, 0.25) is 0 Å². The van der Waals surface area contributed by atoms with Crippen LogP contribution in [-0.2, 0) is 17.1 Å². The summed E-state index contributed by atoms with van der Waals surface area (Å²) in [5.41, 5.74) is 0.373. The Bertz CT molecular complexity index is 424. The number of carboxylic acids is 1. The van der Waals surface area contributed by atoms with Crippen molar-refractivity contribution in [3.05, 3.63) is 29.1 Å². The number of ether oxygens (including phenoxy) is 1. The first kappa shape index (κ1) is 13.6. The Kier molecular flexibility index (Phi) is 4.62. The molecule has 0 fully saturated rings. The Labute approximate surface area is 99.8 Å². The quantitative estimate of drug-likeness (QED) is 0.835. The predicted octanol–water partition coefficient (Wildman–Crippen LogP) is 2.79. The first-order valence-electron chi connectivity index (χ1n) is 4.48. The molecule has 1 aromatic rings. The molecule has 0 saturated heterocycles. The summed E-state index contributed by atoms with van der Waals surface area (Å²) in [6.45, 7) is -3.15. The normalized spacial score (nSPS) is 10.6. The molecule has 0 aliphatic rings. The molecule has 0 amide bonds. The maximum Gasteiger partial charge on any atom is 0.387 e. The van der Waals surface area contributed by atoms with Gasteiger partial charge in [-0.2, -0.15) is 8.78 Å². The van der Waals surface area contributed by atoms with E-state index in [1.54, 1.807) is 0 Å². The van der Waals surface area contributed by atoms with Crippen LogP contribution in [0.5, 0.6) is 5.75 Å². The van der Waals surface area contributed by atoms with Crippen LogP contribution in [-0.4, -0.2) is 17.7 Å². The topological polar surface area (TPSA) is 46.5 Å². The van der Waals surface area contributed by atoms with E-state index in [0.717, 1.165) is 12.1 Å². The van der Waals surface area contributed by atoms with E-state index in [2.05, 4.69) is 4.74 Å². The largest absolute Gasteiger partial charge is 0.481 e. The minimum atomic E-state index is -3.15. The molecule has 0 heterocycles. The van der Waals surface area contributed by atoms with Crippen LogP contribution in [0.1, 0.15) is 11.1 Å². The number of hydrogen-bond acceptors (Lipinski definition) is 2. The van der Waals surface area contributed by atoms with Crippen LogP contribution in [0, 0.1) is 5.82 Å². The van der Waals surface area contributed by atoms with Gasteiger partial charge < -0.3 is 9.84 Å². The number of carboxylic acid groups (broad SMARTS) is 1. The molecule has 1 N–H and O–H groups in total. The zero-order chi connectivity index (χ0) is 13.0.